The highest BCUT2D eigenvalue weighted by Gasteiger charge is 2.49. The van der Waals surface area contributed by atoms with Crippen LogP contribution < -0.4 is 0 Å². The molecule has 0 heterocycles. The Morgan fingerprint density at radius 1 is 1.11 bits per heavy atom. The zero-order valence-corrected chi connectivity index (χ0v) is 16.0. The smallest absolute Gasteiger partial charge is 0.218 e. The van der Waals surface area contributed by atoms with E-state index in [1.165, 1.54) is 13.0 Å². The van der Waals surface area contributed by atoms with E-state index in [1.807, 2.05) is 32.0 Å². The van der Waals surface area contributed by atoms with Crippen LogP contribution in [0.15, 0.2) is 35.2 Å². The molecule has 0 N–H and O–H groups in total. The molecule has 0 aliphatic heterocycles. The molecule has 0 amide bonds. The van der Waals surface area contributed by atoms with Gasteiger partial charge in [0.1, 0.15) is 0 Å². The number of fused-ring (bicyclic) bond motifs is 1. The monoisotopic (exact) mass is 400 g/mol. The van der Waals surface area contributed by atoms with Gasteiger partial charge in [-0.2, -0.15) is 8.78 Å². The van der Waals surface area contributed by atoms with Gasteiger partial charge in [-0.25, -0.2) is 17.2 Å². The van der Waals surface area contributed by atoms with E-state index >= 15 is 0 Å². The van der Waals surface area contributed by atoms with Crippen molar-refractivity contribution in [3.8, 4) is 0 Å². The summed E-state index contributed by atoms with van der Waals surface area (Å²) in [5.41, 5.74) is 3.61. The van der Waals surface area contributed by atoms with Gasteiger partial charge >= 0.3 is 5.76 Å². The topological polar surface area (TPSA) is 34.1 Å². The molecule has 0 aromatic heterocycles. The van der Waals surface area contributed by atoms with E-state index in [9.17, 15) is 26.0 Å². The minimum absolute atomic E-state index is 0.165. The molecule has 3 rings (SSSR count). The Bertz CT molecular complexity index is 997. The first-order valence-electron chi connectivity index (χ1n) is 8.56. The van der Waals surface area contributed by atoms with Crippen LogP contribution >= 0.6 is 0 Å². The van der Waals surface area contributed by atoms with E-state index in [0.717, 1.165) is 22.8 Å². The summed E-state index contributed by atoms with van der Waals surface area (Å²) in [6, 6.07) is 8.20. The molecule has 2 nitrogen and oxygen atoms in total. The fourth-order valence-electron chi connectivity index (χ4n) is 3.61. The van der Waals surface area contributed by atoms with Crippen LogP contribution in [0.4, 0.5) is 17.6 Å². The minimum Gasteiger partial charge on any atom is -0.218 e. The molecule has 0 saturated heterocycles. The van der Waals surface area contributed by atoms with Gasteiger partial charge in [0.05, 0.1) is 4.90 Å². The second-order valence-corrected chi connectivity index (χ2v) is 9.06. The SMILES string of the molecule is Cc1ccc(Cc2ccc(S(=O)(=O)C(F)F)c3c2CC(F)(F)[C@H]3C)cc1C. The predicted molar refractivity (Wildman–Crippen MR) is 95.4 cm³/mol. The van der Waals surface area contributed by atoms with Crippen molar-refractivity contribution in [2.75, 3.05) is 0 Å². The Labute approximate surface area is 156 Å². The zero-order valence-electron chi connectivity index (χ0n) is 15.2. The van der Waals surface area contributed by atoms with Crippen molar-refractivity contribution in [2.45, 2.75) is 56.1 Å². The Hall–Kier alpha value is -1.89. The molecule has 0 fully saturated rings. The van der Waals surface area contributed by atoms with E-state index in [1.54, 1.807) is 0 Å². The summed E-state index contributed by atoms with van der Waals surface area (Å²) in [5, 5.41) is 0. The first kappa shape index (κ1) is 19.9. The van der Waals surface area contributed by atoms with Crippen LogP contribution in [0.25, 0.3) is 0 Å². The van der Waals surface area contributed by atoms with Crippen molar-refractivity contribution in [3.63, 3.8) is 0 Å². The van der Waals surface area contributed by atoms with Crippen LogP contribution in [-0.4, -0.2) is 20.1 Å². The van der Waals surface area contributed by atoms with Gasteiger partial charge in [0, 0.05) is 12.3 Å². The molecule has 2 aromatic rings. The summed E-state index contributed by atoms with van der Waals surface area (Å²) in [4.78, 5) is -0.680. The van der Waals surface area contributed by atoms with Gasteiger partial charge in [0.2, 0.25) is 9.84 Å². The lowest BCUT2D eigenvalue weighted by molar-refractivity contribution is -0.0103. The summed E-state index contributed by atoms with van der Waals surface area (Å²) in [7, 11) is -4.95. The van der Waals surface area contributed by atoms with Crippen molar-refractivity contribution in [1.29, 1.82) is 0 Å². The van der Waals surface area contributed by atoms with Gasteiger partial charge in [-0.1, -0.05) is 31.2 Å². The van der Waals surface area contributed by atoms with Crippen LogP contribution in [0.5, 0.6) is 0 Å². The highest BCUT2D eigenvalue weighted by Crippen LogP contribution is 2.49. The fourth-order valence-corrected chi connectivity index (χ4v) is 4.67. The van der Waals surface area contributed by atoms with Crippen LogP contribution in [-0.2, 0) is 22.7 Å². The van der Waals surface area contributed by atoms with Gasteiger partial charge in [-0.3, -0.25) is 0 Å². The Kier molecular flexibility index (Phi) is 4.87. The van der Waals surface area contributed by atoms with Crippen molar-refractivity contribution in [3.05, 3.63) is 63.7 Å². The molecular weight excluding hydrogens is 380 g/mol. The third-order valence-corrected chi connectivity index (χ3v) is 6.84. The van der Waals surface area contributed by atoms with Crippen LogP contribution in [0.3, 0.4) is 0 Å². The standard InChI is InChI=1S/C20H20F4O2S/c1-11-4-5-14(8-12(11)2)9-15-6-7-17(27(25,26)19(21)22)18-13(3)20(23,24)10-16(15)18/h4-8,13,19H,9-10H2,1-3H3/t13-/m0/s1. The van der Waals surface area contributed by atoms with Crippen molar-refractivity contribution < 1.29 is 26.0 Å². The van der Waals surface area contributed by atoms with Crippen LogP contribution in [0.2, 0.25) is 0 Å². The Balaban J connectivity index is 2.15. The molecule has 1 aliphatic carbocycles. The Morgan fingerprint density at radius 2 is 1.78 bits per heavy atom. The maximum Gasteiger partial charge on any atom is 0.341 e. The summed E-state index contributed by atoms with van der Waals surface area (Å²) in [5.74, 6) is -8.25. The molecule has 146 valence electrons. The highest BCUT2D eigenvalue weighted by molar-refractivity contribution is 7.91. The van der Waals surface area contributed by atoms with Crippen molar-refractivity contribution in [1.82, 2.24) is 0 Å². The first-order chi connectivity index (χ1) is 12.4. The predicted octanol–water partition coefficient (Wildman–Crippen LogP) is 5.19. The second-order valence-electron chi connectivity index (χ2n) is 7.18. The zero-order chi connectivity index (χ0) is 20.1. The van der Waals surface area contributed by atoms with Gasteiger partial charge in [-0.15, -0.1) is 0 Å². The number of alkyl halides is 4. The molecule has 0 radical (unpaired) electrons. The normalized spacial score (nSPS) is 18.7. The molecule has 1 atom stereocenters. The number of sulfone groups is 1. The summed E-state index contributed by atoms with van der Waals surface area (Å²) < 4.78 is 78.8. The molecule has 0 saturated carbocycles. The highest BCUT2D eigenvalue weighted by atomic mass is 32.2. The molecule has 27 heavy (non-hydrogen) atoms. The number of hydrogen-bond donors (Lipinski definition) is 0. The van der Waals surface area contributed by atoms with E-state index in [4.69, 9.17) is 0 Å². The lowest BCUT2D eigenvalue weighted by atomic mass is 9.94. The average molecular weight is 400 g/mol. The largest absolute Gasteiger partial charge is 0.341 e. The van der Waals surface area contributed by atoms with Gasteiger partial charge in [0.15, 0.2) is 0 Å². The maximum atomic E-state index is 14.4. The molecule has 0 bridgehead atoms. The lowest BCUT2D eigenvalue weighted by Crippen LogP contribution is -2.21. The van der Waals surface area contributed by atoms with E-state index in [-0.39, 0.29) is 11.1 Å². The molecule has 0 spiro atoms. The average Bonchev–Trinajstić information content (AvgIpc) is 2.82. The van der Waals surface area contributed by atoms with Gasteiger partial charge in [-0.05, 0) is 59.7 Å². The minimum atomic E-state index is -4.95. The molecule has 1 aliphatic rings. The van der Waals surface area contributed by atoms with Crippen molar-refractivity contribution >= 4 is 9.84 Å². The third-order valence-electron chi connectivity index (χ3n) is 5.40. The fraction of sp³-hybridized carbons (Fsp3) is 0.400. The third kappa shape index (κ3) is 3.37. The second kappa shape index (κ2) is 6.62. The summed E-state index contributed by atoms with van der Waals surface area (Å²) in [6.45, 7) is 5.09. The maximum absolute atomic E-state index is 14.4. The van der Waals surface area contributed by atoms with Crippen molar-refractivity contribution in [2.24, 2.45) is 0 Å². The quantitative estimate of drug-likeness (QED) is 0.663. The summed E-state index contributed by atoms with van der Waals surface area (Å²) >= 11 is 0. The number of benzene rings is 2. The van der Waals surface area contributed by atoms with Crippen LogP contribution in [0, 0.1) is 13.8 Å². The lowest BCUT2D eigenvalue weighted by Gasteiger charge is -2.17. The van der Waals surface area contributed by atoms with Crippen LogP contribution in [0.1, 0.15) is 46.2 Å². The van der Waals surface area contributed by atoms with E-state index in [2.05, 4.69) is 0 Å². The van der Waals surface area contributed by atoms with Gasteiger partial charge < -0.3 is 0 Å². The number of aryl methyl sites for hydroxylation is 2. The first-order valence-corrected chi connectivity index (χ1v) is 10.1. The number of halogens is 4. The molecule has 7 heteroatoms. The van der Waals surface area contributed by atoms with Gasteiger partial charge in [0.25, 0.3) is 5.92 Å². The molecule has 0 unspecified atom stereocenters. The molecular formula is C20H20F4O2S. The number of rotatable bonds is 4. The van der Waals surface area contributed by atoms with E-state index < -0.39 is 38.8 Å². The Morgan fingerprint density at radius 3 is 2.37 bits per heavy atom. The summed E-state index contributed by atoms with van der Waals surface area (Å²) in [6.07, 6.45) is -0.308. The molecule has 2 aromatic carbocycles. The number of hydrogen-bond acceptors (Lipinski definition) is 2. The van der Waals surface area contributed by atoms with E-state index in [0.29, 0.717) is 12.0 Å².